The summed E-state index contributed by atoms with van der Waals surface area (Å²) in [5.41, 5.74) is 1.80. The van der Waals surface area contributed by atoms with E-state index >= 15 is 0 Å². The molecule has 0 aliphatic carbocycles. The Morgan fingerprint density at radius 3 is 2.94 bits per heavy atom. The Bertz CT molecular complexity index is 710. The summed E-state index contributed by atoms with van der Waals surface area (Å²) in [5.74, 6) is 0.252. The summed E-state index contributed by atoms with van der Waals surface area (Å²) in [7, 11) is 0. The molecule has 6 heteroatoms. The molecule has 1 N–H and O–H groups in total. The average Bonchev–Trinajstić information content (AvgIpc) is 2.52. The third-order valence-corrected chi connectivity index (χ3v) is 2.75. The number of nitrogens with zero attached hydrogens (tertiary/aromatic N) is 3. The third kappa shape index (κ3) is 1.69. The van der Waals surface area contributed by atoms with Crippen LogP contribution in [-0.2, 0) is 0 Å². The van der Waals surface area contributed by atoms with Gasteiger partial charge in [0.1, 0.15) is 5.69 Å². The van der Waals surface area contributed by atoms with Gasteiger partial charge in [-0.1, -0.05) is 11.6 Å². The molecule has 18 heavy (non-hydrogen) atoms. The van der Waals surface area contributed by atoms with Crippen LogP contribution < -0.4 is 4.74 Å². The number of benzene rings is 1. The number of aliphatic imine (C=N–C) groups is 1. The summed E-state index contributed by atoms with van der Waals surface area (Å²) in [4.78, 5) is 4.32. The minimum atomic E-state index is -0.0394. The molecule has 3 rings (SSSR count). The quantitative estimate of drug-likeness (QED) is 0.792. The first-order chi connectivity index (χ1) is 8.65. The maximum atomic E-state index is 10.2. The number of phenolic OH excluding ortho intramolecular Hbond substituents is 1. The van der Waals surface area contributed by atoms with Crippen molar-refractivity contribution in [1.82, 2.24) is 10.2 Å². The molecule has 2 aromatic rings. The summed E-state index contributed by atoms with van der Waals surface area (Å²) in [5, 5.41) is 18.5. The normalized spacial score (nSPS) is 13.8. The summed E-state index contributed by atoms with van der Waals surface area (Å²) < 4.78 is 5.36. The van der Waals surface area contributed by atoms with Gasteiger partial charge in [0.2, 0.25) is 0 Å². The van der Waals surface area contributed by atoms with Crippen LogP contribution >= 0.6 is 11.6 Å². The maximum Gasteiger partial charge on any atom is 0.194 e. The Labute approximate surface area is 107 Å². The van der Waals surface area contributed by atoms with Crippen LogP contribution in [0.4, 0.5) is 5.69 Å². The highest BCUT2D eigenvalue weighted by molar-refractivity contribution is 6.30. The Morgan fingerprint density at radius 1 is 1.28 bits per heavy atom. The van der Waals surface area contributed by atoms with Crippen molar-refractivity contribution >= 4 is 33.9 Å². The van der Waals surface area contributed by atoms with E-state index in [1.54, 1.807) is 12.1 Å². The molecular formula is C12H8ClN3O2. The van der Waals surface area contributed by atoms with Crippen molar-refractivity contribution in [3.63, 3.8) is 0 Å². The minimum absolute atomic E-state index is 0.0394. The number of aromatic hydroxyl groups is 1. The third-order valence-electron chi connectivity index (χ3n) is 2.56. The SMILES string of the molecule is CC1=Nc2cc3nnc(Cl)cc3c(O)c2OC=C1. The molecule has 0 saturated carbocycles. The van der Waals surface area contributed by atoms with Crippen molar-refractivity contribution in [2.24, 2.45) is 4.99 Å². The van der Waals surface area contributed by atoms with Crippen molar-refractivity contribution in [3.8, 4) is 11.5 Å². The molecule has 0 unspecified atom stereocenters. The highest BCUT2D eigenvalue weighted by atomic mass is 35.5. The number of hydrogen-bond donors (Lipinski definition) is 1. The van der Waals surface area contributed by atoms with Gasteiger partial charge >= 0.3 is 0 Å². The molecule has 1 aliphatic rings. The van der Waals surface area contributed by atoms with Gasteiger partial charge in [-0.3, -0.25) is 0 Å². The molecule has 0 fully saturated rings. The van der Waals surface area contributed by atoms with Crippen LogP contribution in [0.25, 0.3) is 10.9 Å². The number of fused-ring (bicyclic) bond motifs is 2. The van der Waals surface area contributed by atoms with Gasteiger partial charge in [0, 0.05) is 5.71 Å². The second-order valence-corrected chi connectivity index (χ2v) is 4.23. The molecular weight excluding hydrogens is 254 g/mol. The Kier molecular flexibility index (Phi) is 2.41. The van der Waals surface area contributed by atoms with Gasteiger partial charge < -0.3 is 9.84 Å². The lowest BCUT2D eigenvalue weighted by molar-refractivity contribution is 0.417. The summed E-state index contributed by atoms with van der Waals surface area (Å²) in [6, 6.07) is 3.23. The molecule has 1 aromatic carbocycles. The average molecular weight is 262 g/mol. The van der Waals surface area contributed by atoms with Crippen molar-refractivity contribution in [2.75, 3.05) is 0 Å². The molecule has 0 atom stereocenters. The van der Waals surface area contributed by atoms with E-state index in [0.29, 0.717) is 22.3 Å². The van der Waals surface area contributed by atoms with Crippen molar-refractivity contribution < 1.29 is 9.84 Å². The largest absolute Gasteiger partial charge is 0.504 e. The zero-order valence-corrected chi connectivity index (χ0v) is 10.1. The van der Waals surface area contributed by atoms with Gasteiger partial charge in [0.15, 0.2) is 16.7 Å². The highest BCUT2D eigenvalue weighted by Gasteiger charge is 2.16. The van der Waals surface area contributed by atoms with E-state index in [0.717, 1.165) is 5.71 Å². The van der Waals surface area contributed by atoms with Gasteiger partial charge in [-0.2, -0.15) is 0 Å². The maximum absolute atomic E-state index is 10.2. The summed E-state index contributed by atoms with van der Waals surface area (Å²) >= 11 is 5.76. The Morgan fingerprint density at radius 2 is 2.11 bits per heavy atom. The predicted molar refractivity (Wildman–Crippen MR) is 68.7 cm³/mol. The molecule has 5 nitrogen and oxygen atoms in total. The van der Waals surface area contributed by atoms with Crippen molar-refractivity contribution in [3.05, 3.63) is 29.6 Å². The second-order valence-electron chi connectivity index (χ2n) is 3.85. The lowest BCUT2D eigenvalue weighted by atomic mass is 10.1. The Hall–Kier alpha value is -2.14. The molecule has 0 spiro atoms. The van der Waals surface area contributed by atoms with Gasteiger partial charge in [-0.15, -0.1) is 10.2 Å². The lowest BCUT2D eigenvalue weighted by Gasteiger charge is -2.08. The van der Waals surface area contributed by atoms with E-state index < -0.39 is 0 Å². The number of phenols is 1. The van der Waals surface area contributed by atoms with Crippen molar-refractivity contribution in [2.45, 2.75) is 6.92 Å². The molecule has 0 amide bonds. The van der Waals surface area contributed by atoms with Crippen LogP contribution in [0, 0.1) is 0 Å². The zero-order valence-electron chi connectivity index (χ0n) is 9.38. The smallest absolute Gasteiger partial charge is 0.194 e. The van der Waals surface area contributed by atoms with Crippen molar-refractivity contribution in [1.29, 1.82) is 0 Å². The monoisotopic (exact) mass is 261 g/mol. The summed E-state index contributed by atoms with van der Waals surface area (Å²) in [6.07, 6.45) is 3.19. The van der Waals surface area contributed by atoms with Crippen LogP contribution in [-0.4, -0.2) is 21.0 Å². The van der Waals surface area contributed by atoms with Gasteiger partial charge in [-0.25, -0.2) is 4.99 Å². The number of hydrogen-bond acceptors (Lipinski definition) is 5. The molecule has 2 heterocycles. The summed E-state index contributed by atoms with van der Waals surface area (Å²) in [6.45, 7) is 1.84. The first-order valence-electron chi connectivity index (χ1n) is 5.22. The fourth-order valence-corrected chi connectivity index (χ4v) is 1.89. The van der Waals surface area contributed by atoms with Crippen LogP contribution in [0.1, 0.15) is 6.92 Å². The first kappa shape index (κ1) is 11.0. The van der Waals surface area contributed by atoms with Crippen LogP contribution in [0.2, 0.25) is 5.15 Å². The fourth-order valence-electron chi connectivity index (χ4n) is 1.74. The van der Waals surface area contributed by atoms with E-state index in [2.05, 4.69) is 15.2 Å². The fraction of sp³-hybridized carbons (Fsp3) is 0.0833. The molecule has 0 radical (unpaired) electrons. The van der Waals surface area contributed by atoms with Gasteiger partial charge in [-0.05, 0) is 25.1 Å². The number of halogens is 1. The predicted octanol–water partition coefficient (Wildman–Crippen LogP) is 2.99. The molecule has 0 saturated heterocycles. The lowest BCUT2D eigenvalue weighted by Crippen LogP contribution is -1.88. The Balaban J connectivity index is 2.37. The standard InChI is InChI=1S/C12H8ClN3O2/c1-6-2-3-18-12-9(14-6)5-8-7(11(12)17)4-10(13)16-15-8/h2-5,17H,1H3. The van der Waals surface area contributed by atoms with Crippen LogP contribution in [0.5, 0.6) is 11.5 Å². The molecule has 0 bridgehead atoms. The molecule has 1 aromatic heterocycles. The van der Waals surface area contributed by atoms with Crippen LogP contribution in [0.15, 0.2) is 29.5 Å². The van der Waals surface area contributed by atoms with E-state index in [9.17, 15) is 5.11 Å². The highest BCUT2D eigenvalue weighted by Crippen LogP contribution is 2.43. The van der Waals surface area contributed by atoms with Gasteiger partial charge in [0.05, 0.1) is 17.2 Å². The molecule has 90 valence electrons. The molecule has 1 aliphatic heterocycles. The number of aromatic nitrogens is 2. The zero-order chi connectivity index (χ0) is 12.7. The number of ether oxygens (including phenoxy) is 1. The van der Waals surface area contributed by atoms with E-state index in [1.165, 1.54) is 12.3 Å². The first-order valence-corrected chi connectivity index (χ1v) is 5.60. The van der Waals surface area contributed by atoms with E-state index in [4.69, 9.17) is 16.3 Å². The van der Waals surface area contributed by atoms with E-state index in [1.807, 2.05) is 6.92 Å². The van der Waals surface area contributed by atoms with Crippen LogP contribution in [0.3, 0.4) is 0 Å². The topological polar surface area (TPSA) is 67.6 Å². The number of allylic oxidation sites excluding steroid dienone is 1. The minimum Gasteiger partial charge on any atom is -0.504 e. The van der Waals surface area contributed by atoms with Gasteiger partial charge in [0.25, 0.3) is 0 Å². The van der Waals surface area contributed by atoms with E-state index in [-0.39, 0.29) is 10.9 Å². The second kappa shape index (κ2) is 3.96. The number of rotatable bonds is 0.